The number of benzene rings is 1. The number of carbonyl (C=O) groups excluding carboxylic acids is 2. The zero-order valence-electron chi connectivity index (χ0n) is 6.63. The van der Waals surface area contributed by atoms with Gasteiger partial charge in [0.1, 0.15) is 0 Å². The third-order valence-corrected chi connectivity index (χ3v) is 1.64. The fourth-order valence-corrected chi connectivity index (χ4v) is 1.12. The van der Waals surface area contributed by atoms with E-state index < -0.39 is 0 Å². The van der Waals surface area contributed by atoms with Crippen LogP contribution in [0.2, 0.25) is 0 Å². The van der Waals surface area contributed by atoms with Crippen LogP contribution in [0.1, 0.15) is 20.7 Å². The van der Waals surface area contributed by atoms with Crippen molar-refractivity contribution < 1.29 is 9.59 Å². The molecule has 12 heavy (non-hydrogen) atoms. The van der Waals surface area contributed by atoms with Gasteiger partial charge in [-0.1, -0.05) is 12.1 Å². The van der Waals surface area contributed by atoms with Gasteiger partial charge in [0.25, 0.3) is 11.8 Å². The van der Waals surface area contributed by atoms with Gasteiger partial charge >= 0.3 is 0 Å². The molecule has 0 aromatic heterocycles. The first kappa shape index (κ1) is 10.1. The molecule has 2 amide bonds. The van der Waals surface area contributed by atoms with Crippen molar-refractivity contribution in [2.45, 2.75) is 0 Å². The van der Waals surface area contributed by atoms with Crippen molar-refractivity contribution >= 4 is 63.2 Å². The van der Waals surface area contributed by atoms with E-state index in [1.165, 1.54) is 0 Å². The number of carbonyl (C=O) groups is 2. The van der Waals surface area contributed by atoms with Crippen LogP contribution in [-0.2, 0) is 0 Å². The molecular weight excluding hydrogens is 182 g/mol. The van der Waals surface area contributed by atoms with Crippen LogP contribution in [0.3, 0.4) is 0 Å². The summed E-state index contributed by atoms with van der Waals surface area (Å²) in [5.74, 6) is -0.601. The molecule has 55 valence electrons. The molecule has 1 radical (unpaired) electrons. The topological polar surface area (TPSA) is 46.2 Å². The molecule has 4 heteroatoms. The molecule has 1 aliphatic rings. The predicted octanol–water partition coefficient (Wildman–Crippen LogP) is 0.189. The summed E-state index contributed by atoms with van der Waals surface area (Å²) in [6.07, 6.45) is 0. The maximum atomic E-state index is 10.9. The number of fused-ring (bicyclic) bond motifs is 1. The number of hydrogen-bond acceptors (Lipinski definition) is 2. The average Bonchev–Trinajstić information content (AvgIpc) is 2.30. The summed E-state index contributed by atoms with van der Waals surface area (Å²) >= 11 is 0. The molecule has 0 fully saturated rings. The quantitative estimate of drug-likeness (QED) is 0.358. The van der Waals surface area contributed by atoms with Crippen molar-refractivity contribution in [1.29, 1.82) is 0 Å². The van der Waals surface area contributed by atoms with Crippen LogP contribution in [0, 0.1) is 0 Å². The summed E-state index contributed by atoms with van der Waals surface area (Å²) in [6.45, 7) is 0. The molecule has 2 rings (SSSR count). The van der Waals surface area contributed by atoms with Gasteiger partial charge in [-0.05, 0) is 12.1 Å². The fourth-order valence-electron chi connectivity index (χ4n) is 1.12. The largest absolute Gasteiger partial charge is 0.288 e. The van der Waals surface area contributed by atoms with E-state index in [0.717, 1.165) is 0 Å². The Labute approximate surface area is 112 Å². The molecule has 1 N–H and O–H groups in total. The zero-order chi connectivity index (χ0) is 7.84. The molecule has 0 atom stereocenters. The van der Waals surface area contributed by atoms with E-state index in [0.29, 0.717) is 11.1 Å². The summed E-state index contributed by atoms with van der Waals surface area (Å²) in [7, 11) is 0. The summed E-state index contributed by atoms with van der Waals surface area (Å²) in [5.41, 5.74) is 0.940. The standard InChI is InChI=1S/C8H5NO2.K/c10-7-5-3-1-2-4-6(5)8(11)9-7;/h1-4H,(H,9,10,11);/i9+1;. The minimum Gasteiger partial charge on any atom is -0.288 e. The van der Waals surface area contributed by atoms with Gasteiger partial charge < -0.3 is 0 Å². The van der Waals surface area contributed by atoms with Gasteiger partial charge in [0, 0.05) is 51.4 Å². The minimum absolute atomic E-state index is 0. The minimum atomic E-state index is -0.300. The number of rotatable bonds is 0. The monoisotopic (exact) mass is 187 g/mol. The van der Waals surface area contributed by atoms with Gasteiger partial charge in [0.15, 0.2) is 0 Å². The van der Waals surface area contributed by atoms with Crippen molar-refractivity contribution in [3.05, 3.63) is 35.4 Å². The van der Waals surface area contributed by atoms with Crippen molar-refractivity contribution in [1.82, 2.24) is 5.32 Å². The average molecular weight is 187 g/mol. The molecule has 0 aliphatic carbocycles. The molecule has 0 bridgehead atoms. The normalized spacial score (nSPS) is 13.3. The smallest absolute Gasteiger partial charge is 0.258 e. The molecule has 1 aromatic carbocycles. The number of amides is 2. The van der Waals surface area contributed by atoms with Crippen molar-refractivity contribution in [3.63, 3.8) is 0 Å². The van der Waals surface area contributed by atoms with E-state index in [1.807, 2.05) is 0 Å². The molecule has 0 saturated heterocycles. The summed E-state index contributed by atoms with van der Waals surface area (Å²) in [5, 5.41) is 2.20. The number of nitrogens with one attached hydrogen (secondary N) is 1. The van der Waals surface area contributed by atoms with Gasteiger partial charge in [0.05, 0.1) is 11.1 Å². The maximum Gasteiger partial charge on any atom is 0.258 e. The van der Waals surface area contributed by atoms with E-state index in [4.69, 9.17) is 0 Å². The fraction of sp³-hybridized carbons (Fsp3) is 0. The van der Waals surface area contributed by atoms with Crippen LogP contribution in [0.5, 0.6) is 0 Å². The second-order valence-electron chi connectivity index (χ2n) is 2.33. The number of hydrogen-bond donors (Lipinski definition) is 1. The third kappa shape index (κ3) is 1.53. The van der Waals surface area contributed by atoms with Gasteiger partial charge in [-0.25, -0.2) is 0 Å². The van der Waals surface area contributed by atoms with E-state index in [9.17, 15) is 9.59 Å². The molecular formula is C8H5KNO2. The first-order valence-electron chi connectivity index (χ1n) is 3.24. The van der Waals surface area contributed by atoms with Gasteiger partial charge in [0.2, 0.25) is 0 Å². The second-order valence-corrected chi connectivity index (χ2v) is 2.33. The molecule has 1 aromatic rings. The number of imide groups is 1. The summed E-state index contributed by atoms with van der Waals surface area (Å²) in [4.78, 5) is 21.9. The molecule has 1 aliphatic heterocycles. The molecule has 1 heterocycles. The predicted molar refractivity (Wildman–Crippen MR) is 44.0 cm³/mol. The van der Waals surface area contributed by atoms with E-state index in [-0.39, 0.29) is 63.2 Å². The van der Waals surface area contributed by atoms with Crippen molar-refractivity contribution in [3.8, 4) is 0 Å². The summed E-state index contributed by atoms with van der Waals surface area (Å²) < 4.78 is 0. The van der Waals surface area contributed by atoms with Crippen LogP contribution in [0.15, 0.2) is 24.3 Å². The molecule has 3 nitrogen and oxygen atoms in total. The van der Waals surface area contributed by atoms with Crippen molar-refractivity contribution in [2.75, 3.05) is 0 Å². The van der Waals surface area contributed by atoms with E-state index in [1.54, 1.807) is 24.3 Å². The van der Waals surface area contributed by atoms with Crippen molar-refractivity contribution in [2.24, 2.45) is 0 Å². The summed E-state index contributed by atoms with van der Waals surface area (Å²) in [6, 6.07) is 6.74. The Morgan fingerprint density at radius 1 is 0.917 bits per heavy atom. The Kier molecular flexibility index (Phi) is 3.20. The molecule has 0 unspecified atom stereocenters. The van der Waals surface area contributed by atoms with Crippen LogP contribution < -0.4 is 5.32 Å². The first-order chi connectivity index (χ1) is 5.29. The molecule has 0 saturated carbocycles. The van der Waals surface area contributed by atoms with Gasteiger partial charge in [-0.3, -0.25) is 14.9 Å². The Bertz CT molecular complexity index is 316. The van der Waals surface area contributed by atoms with Crippen LogP contribution in [0.4, 0.5) is 0 Å². The van der Waals surface area contributed by atoms with Gasteiger partial charge in [-0.2, -0.15) is 0 Å². The Balaban J connectivity index is 0.000000720. The first-order valence-corrected chi connectivity index (χ1v) is 3.24. The van der Waals surface area contributed by atoms with Crippen LogP contribution in [-0.4, -0.2) is 63.2 Å². The SMILES string of the molecule is O=C1[15NH]C(=O)c2ccccc21.[K]. The van der Waals surface area contributed by atoms with E-state index in [2.05, 4.69) is 5.32 Å². The van der Waals surface area contributed by atoms with Gasteiger partial charge in [-0.15, -0.1) is 0 Å². The Morgan fingerprint density at radius 2 is 1.33 bits per heavy atom. The maximum absolute atomic E-state index is 10.9. The third-order valence-electron chi connectivity index (χ3n) is 1.64. The molecule has 0 spiro atoms. The van der Waals surface area contributed by atoms with E-state index >= 15 is 0 Å². The Morgan fingerprint density at radius 3 is 1.75 bits per heavy atom. The van der Waals surface area contributed by atoms with Crippen LogP contribution in [0.25, 0.3) is 0 Å². The Hall–Kier alpha value is -0.00364. The second kappa shape index (κ2) is 3.80. The van der Waals surface area contributed by atoms with Crippen LogP contribution >= 0.6 is 0 Å². The zero-order valence-corrected chi connectivity index (χ0v) is 9.75.